The van der Waals surface area contributed by atoms with Crippen LogP contribution in [0, 0.1) is 24.0 Å². The molecule has 0 atom stereocenters. The average molecular weight is 404 g/mol. The zero-order valence-electron chi connectivity index (χ0n) is 17.0. The van der Waals surface area contributed by atoms with Crippen LogP contribution >= 0.6 is 0 Å². The number of nitro groups is 1. The highest BCUT2D eigenvalue weighted by Gasteiger charge is 2.34. The maximum Gasteiger partial charge on any atom is 0.282 e. The molecule has 0 saturated heterocycles. The normalized spacial score (nSPS) is 13.8. The third-order valence-corrected chi connectivity index (χ3v) is 5.41. The van der Waals surface area contributed by atoms with Crippen LogP contribution in [0.4, 0.5) is 5.69 Å². The number of non-ortho nitro benzene ring substituents is 1. The van der Waals surface area contributed by atoms with Crippen molar-refractivity contribution in [2.75, 3.05) is 0 Å². The largest absolute Gasteiger partial charge is 0.346 e. The summed E-state index contributed by atoms with van der Waals surface area (Å²) in [5.41, 5.74) is 3.15. The molecule has 2 aromatic carbocycles. The summed E-state index contributed by atoms with van der Waals surface area (Å²) in [4.78, 5) is 36.8. The molecule has 4 rings (SSSR count). The van der Waals surface area contributed by atoms with Gasteiger partial charge < -0.3 is 4.57 Å². The fourth-order valence-corrected chi connectivity index (χ4v) is 4.18. The smallest absolute Gasteiger partial charge is 0.282 e. The van der Waals surface area contributed by atoms with Gasteiger partial charge in [0.15, 0.2) is 0 Å². The van der Waals surface area contributed by atoms with Gasteiger partial charge in [-0.25, -0.2) is 0 Å². The Balaban J connectivity index is 1.80. The Morgan fingerprint density at radius 2 is 1.73 bits per heavy atom. The first-order chi connectivity index (χ1) is 14.2. The number of aryl methyl sites for hydroxylation is 1. The van der Waals surface area contributed by atoms with E-state index in [0.29, 0.717) is 5.39 Å². The van der Waals surface area contributed by atoms with E-state index in [9.17, 15) is 19.7 Å². The molecule has 2 heterocycles. The summed E-state index contributed by atoms with van der Waals surface area (Å²) < 4.78 is 2.15. The van der Waals surface area contributed by atoms with Crippen molar-refractivity contribution in [1.82, 2.24) is 9.58 Å². The lowest BCUT2D eigenvalue weighted by Gasteiger charge is -2.23. The Kier molecular flexibility index (Phi) is 4.49. The summed E-state index contributed by atoms with van der Waals surface area (Å²) in [6.07, 6.45) is 1.51. The van der Waals surface area contributed by atoms with Crippen molar-refractivity contribution in [3.8, 4) is 0 Å². The molecular formula is C22H20N4O4. The van der Waals surface area contributed by atoms with Gasteiger partial charge in [-0.1, -0.05) is 6.07 Å². The third-order valence-electron chi connectivity index (χ3n) is 5.41. The molecule has 0 radical (unpaired) electrons. The van der Waals surface area contributed by atoms with E-state index in [0.717, 1.165) is 22.0 Å². The van der Waals surface area contributed by atoms with E-state index in [1.807, 2.05) is 19.9 Å². The maximum atomic E-state index is 13.0. The van der Waals surface area contributed by atoms with Gasteiger partial charge in [-0.15, -0.1) is 0 Å². The molecule has 1 aliphatic heterocycles. The van der Waals surface area contributed by atoms with Crippen molar-refractivity contribution in [3.05, 3.63) is 74.6 Å². The van der Waals surface area contributed by atoms with E-state index in [1.165, 1.54) is 18.3 Å². The monoisotopic (exact) mass is 404 g/mol. The minimum Gasteiger partial charge on any atom is -0.346 e. The van der Waals surface area contributed by atoms with Crippen LogP contribution < -0.4 is 0 Å². The fraction of sp³-hybridized carbons (Fsp3) is 0.227. The highest BCUT2D eigenvalue weighted by Crippen LogP contribution is 2.35. The highest BCUT2D eigenvalue weighted by molar-refractivity contribution is 6.26. The Bertz CT molecular complexity index is 1250. The Labute approximate surface area is 172 Å². The Hall–Kier alpha value is -3.81. The topological polar surface area (TPSA) is 97.8 Å². The van der Waals surface area contributed by atoms with Crippen molar-refractivity contribution in [2.24, 2.45) is 5.10 Å². The van der Waals surface area contributed by atoms with E-state index >= 15 is 0 Å². The van der Waals surface area contributed by atoms with Gasteiger partial charge in [0.2, 0.25) is 0 Å². The van der Waals surface area contributed by atoms with Gasteiger partial charge in [0.1, 0.15) is 0 Å². The summed E-state index contributed by atoms with van der Waals surface area (Å²) in [6.45, 7) is 8.11. The first kappa shape index (κ1) is 19.5. The quantitative estimate of drug-likeness (QED) is 0.279. The number of hydrogen-bond donors (Lipinski definition) is 0. The molecule has 0 spiro atoms. The van der Waals surface area contributed by atoms with Gasteiger partial charge in [-0.2, -0.15) is 10.1 Å². The van der Waals surface area contributed by atoms with Crippen LogP contribution in [0.5, 0.6) is 0 Å². The lowest BCUT2D eigenvalue weighted by Crippen LogP contribution is -2.36. The Morgan fingerprint density at radius 3 is 2.33 bits per heavy atom. The number of hydrogen-bond acceptors (Lipinski definition) is 5. The van der Waals surface area contributed by atoms with E-state index in [2.05, 4.69) is 23.5 Å². The maximum absolute atomic E-state index is 13.0. The molecule has 8 nitrogen and oxygen atoms in total. The molecule has 0 N–H and O–H groups in total. The van der Waals surface area contributed by atoms with Crippen LogP contribution in [0.25, 0.3) is 10.8 Å². The van der Waals surface area contributed by atoms with Crippen molar-refractivity contribution in [1.29, 1.82) is 0 Å². The van der Waals surface area contributed by atoms with Crippen molar-refractivity contribution < 1.29 is 14.5 Å². The molecule has 2 amide bonds. The molecule has 0 unspecified atom stereocenters. The molecule has 0 fully saturated rings. The predicted octanol–water partition coefficient (Wildman–Crippen LogP) is 4.38. The number of benzene rings is 2. The molecule has 30 heavy (non-hydrogen) atoms. The number of nitro benzene ring substituents is 1. The number of carbonyl (C=O) groups excluding carboxylic acids is 2. The van der Waals surface area contributed by atoms with E-state index in [4.69, 9.17) is 0 Å². The third kappa shape index (κ3) is 2.80. The number of carbonyl (C=O) groups is 2. The van der Waals surface area contributed by atoms with Crippen LogP contribution in [0.3, 0.4) is 0 Å². The minimum absolute atomic E-state index is 0.144. The zero-order chi connectivity index (χ0) is 21.7. The summed E-state index contributed by atoms with van der Waals surface area (Å²) in [5, 5.41) is 16.9. The van der Waals surface area contributed by atoms with Crippen LogP contribution in [-0.2, 0) is 0 Å². The van der Waals surface area contributed by atoms with Gasteiger partial charge in [0.05, 0.1) is 27.7 Å². The van der Waals surface area contributed by atoms with E-state index in [1.54, 1.807) is 18.2 Å². The first-order valence-electron chi connectivity index (χ1n) is 9.53. The minimum atomic E-state index is -0.604. The van der Waals surface area contributed by atoms with Crippen molar-refractivity contribution in [2.45, 2.75) is 33.7 Å². The van der Waals surface area contributed by atoms with E-state index < -0.39 is 16.7 Å². The summed E-state index contributed by atoms with van der Waals surface area (Å²) >= 11 is 0. The summed E-state index contributed by atoms with van der Waals surface area (Å²) in [7, 11) is 0. The number of imide groups is 1. The predicted molar refractivity (Wildman–Crippen MR) is 113 cm³/mol. The Morgan fingerprint density at radius 1 is 1.07 bits per heavy atom. The number of aromatic nitrogens is 1. The van der Waals surface area contributed by atoms with Crippen LogP contribution in [0.15, 0.2) is 41.5 Å². The molecular weight excluding hydrogens is 384 g/mol. The molecule has 0 bridgehead atoms. The number of nitrogens with zero attached hydrogens (tertiary/aromatic N) is 4. The summed E-state index contributed by atoms with van der Waals surface area (Å²) in [6, 6.07) is 9.55. The van der Waals surface area contributed by atoms with Gasteiger partial charge in [0.25, 0.3) is 17.5 Å². The SMILES string of the molecule is Cc1cc(/C=N\N2C(=O)c3cccc4c([N+](=O)[O-])ccc(c34)C2=O)c(C)n1C(C)C. The number of amides is 2. The first-order valence-corrected chi connectivity index (χ1v) is 9.53. The van der Waals surface area contributed by atoms with Gasteiger partial charge in [-0.05, 0) is 52.0 Å². The fourth-order valence-electron chi connectivity index (χ4n) is 4.18. The molecule has 1 aromatic heterocycles. The molecule has 0 aliphatic carbocycles. The standard InChI is InChI=1S/C22H20N4O4/c1-12(2)24-13(3)10-15(14(24)4)11-23-25-21(27)17-7-5-6-16-19(26(29)30)9-8-18(20(16)17)22(25)28/h5-12H,1-4H3/b23-11-. The summed E-state index contributed by atoms with van der Waals surface area (Å²) in [5.74, 6) is -1.21. The van der Waals surface area contributed by atoms with Crippen molar-refractivity contribution >= 4 is 34.5 Å². The lowest BCUT2D eigenvalue weighted by atomic mass is 9.94. The number of rotatable bonds is 4. The van der Waals surface area contributed by atoms with Crippen LogP contribution in [0.1, 0.15) is 57.6 Å². The molecule has 0 saturated carbocycles. The second-order valence-corrected chi connectivity index (χ2v) is 7.57. The van der Waals surface area contributed by atoms with Crippen LogP contribution in [0.2, 0.25) is 0 Å². The average Bonchev–Trinajstić information content (AvgIpc) is 2.98. The van der Waals surface area contributed by atoms with Crippen molar-refractivity contribution in [3.63, 3.8) is 0 Å². The second kappa shape index (κ2) is 6.91. The second-order valence-electron chi connectivity index (χ2n) is 7.57. The van der Waals surface area contributed by atoms with Gasteiger partial charge in [-0.3, -0.25) is 19.7 Å². The van der Waals surface area contributed by atoms with E-state index in [-0.39, 0.29) is 28.2 Å². The molecule has 152 valence electrons. The lowest BCUT2D eigenvalue weighted by molar-refractivity contribution is -0.383. The van der Waals surface area contributed by atoms with Crippen LogP contribution in [-0.4, -0.2) is 32.5 Å². The number of hydrazone groups is 1. The molecule has 1 aliphatic rings. The molecule has 3 aromatic rings. The van der Waals surface area contributed by atoms with Gasteiger partial charge in [0, 0.05) is 34.4 Å². The highest BCUT2D eigenvalue weighted by atomic mass is 16.6. The molecule has 8 heteroatoms. The van der Waals surface area contributed by atoms with Gasteiger partial charge >= 0.3 is 0 Å². The zero-order valence-corrected chi connectivity index (χ0v) is 17.0.